The fourth-order valence-corrected chi connectivity index (χ4v) is 8.03. The van der Waals surface area contributed by atoms with Gasteiger partial charge in [-0.05, 0) is 74.2 Å². The molecule has 6 atom stereocenters. The normalized spacial score (nSPS) is 29.0. The number of benzene rings is 2. The van der Waals surface area contributed by atoms with Gasteiger partial charge in [0.05, 0.1) is 43.8 Å². The minimum absolute atomic E-state index is 0.138. The van der Waals surface area contributed by atoms with Crippen molar-refractivity contribution in [3.8, 4) is 11.5 Å². The van der Waals surface area contributed by atoms with E-state index in [4.69, 9.17) is 14.2 Å². The van der Waals surface area contributed by atoms with E-state index < -0.39 is 35.1 Å². The van der Waals surface area contributed by atoms with E-state index in [9.17, 15) is 19.5 Å². The maximum absolute atomic E-state index is 14.9. The number of aliphatic hydroxyl groups excluding tert-OH is 1. The summed E-state index contributed by atoms with van der Waals surface area (Å²) in [4.78, 5) is 49.5. The van der Waals surface area contributed by atoms with E-state index in [0.29, 0.717) is 48.9 Å². The number of rotatable bonds is 10. The van der Waals surface area contributed by atoms with Gasteiger partial charge in [-0.3, -0.25) is 14.4 Å². The van der Waals surface area contributed by atoms with Crippen LogP contribution in [-0.2, 0) is 19.1 Å². The molecule has 4 aliphatic heterocycles. The van der Waals surface area contributed by atoms with Crippen molar-refractivity contribution >= 4 is 29.1 Å². The molecule has 0 saturated carbocycles. The Balaban J connectivity index is 1.48. The molecule has 47 heavy (non-hydrogen) atoms. The van der Waals surface area contributed by atoms with Crippen molar-refractivity contribution in [2.45, 2.75) is 63.8 Å². The number of anilines is 2. The number of methoxy groups -OCH3 is 1. The lowest BCUT2D eigenvalue weighted by Gasteiger charge is -2.41. The first-order valence-corrected chi connectivity index (χ1v) is 16.6. The quantitative estimate of drug-likeness (QED) is 0.383. The summed E-state index contributed by atoms with van der Waals surface area (Å²) in [7, 11) is 1.58. The van der Waals surface area contributed by atoms with Crippen LogP contribution < -0.4 is 19.3 Å². The first-order chi connectivity index (χ1) is 22.6. The van der Waals surface area contributed by atoms with E-state index in [1.807, 2.05) is 88.4 Å². The van der Waals surface area contributed by atoms with E-state index in [2.05, 4.69) is 0 Å². The average molecular weight is 644 g/mol. The maximum atomic E-state index is 14.9. The Hall–Kier alpha value is -4.15. The van der Waals surface area contributed by atoms with Gasteiger partial charge in [-0.1, -0.05) is 45.1 Å². The van der Waals surface area contributed by atoms with Gasteiger partial charge in [-0.25, -0.2) is 0 Å². The number of hydrogen-bond acceptors (Lipinski definition) is 7. The Morgan fingerprint density at radius 2 is 1.45 bits per heavy atom. The molecule has 1 unspecified atom stereocenters. The second-order valence-electron chi connectivity index (χ2n) is 13.2. The molecule has 4 aliphatic rings. The molecule has 0 aromatic heterocycles. The van der Waals surface area contributed by atoms with Gasteiger partial charge < -0.3 is 34.0 Å². The number of carbonyl (C=O) groups is 3. The fraction of sp³-hybridized carbons (Fsp3) is 0.486. The van der Waals surface area contributed by atoms with Gasteiger partial charge in [0.15, 0.2) is 0 Å². The van der Waals surface area contributed by atoms with Crippen LogP contribution in [0.3, 0.4) is 0 Å². The van der Waals surface area contributed by atoms with Crippen LogP contribution in [0.4, 0.5) is 11.4 Å². The predicted octanol–water partition coefficient (Wildman–Crippen LogP) is 4.37. The van der Waals surface area contributed by atoms with Gasteiger partial charge in [0.25, 0.3) is 5.91 Å². The molecule has 0 radical (unpaired) electrons. The minimum Gasteiger partial charge on any atom is -0.497 e. The zero-order chi connectivity index (χ0) is 33.5. The highest BCUT2D eigenvalue weighted by atomic mass is 16.5. The minimum atomic E-state index is -1.43. The molecule has 1 N–H and O–H groups in total. The van der Waals surface area contributed by atoms with Crippen molar-refractivity contribution in [1.29, 1.82) is 0 Å². The third kappa shape index (κ3) is 5.31. The summed E-state index contributed by atoms with van der Waals surface area (Å²) in [6, 6.07) is 12.8. The van der Waals surface area contributed by atoms with E-state index in [0.717, 1.165) is 0 Å². The smallest absolute Gasteiger partial charge is 0.253 e. The first-order valence-electron chi connectivity index (χ1n) is 16.6. The number of hydrogen-bond donors (Lipinski definition) is 1. The lowest BCUT2D eigenvalue weighted by atomic mass is 9.73. The van der Waals surface area contributed by atoms with Gasteiger partial charge in [0.1, 0.15) is 23.1 Å². The van der Waals surface area contributed by atoms with Crippen LogP contribution in [-0.4, -0.2) is 84.4 Å². The number of nitrogens with zero attached hydrogens (tertiary/aromatic N) is 3. The number of likely N-dealkylation sites (tertiary alicyclic amines) is 1. The highest BCUT2D eigenvalue weighted by Gasteiger charge is 2.76. The second kappa shape index (κ2) is 12.8. The first kappa shape index (κ1) is 32.8. The molecule has 6 rings (SSSR count). The van der Waals surface area contributed by atoms with Crippen LogP contribution in [0, 0.1) is 17.8 Å². The van der Waals surface area contributed by atoms with Crippen molar-refractivity contribution in [2.24, 2.45) is 17.8 Å². The van der Waals surface area contributed by atoms with Gasteiger partial charge in [0.2, 0.25) is 11.8 Å². The Morgan fingerprint density at radius 3 is 2.00 bits per heavy atom. The molecular formula is C37H45N3O7. The predicted molar refractivity (Wildman–Crippen MR) is 178 cm³/mol. The van der Waals surface area contributed by atoms with Crippen molar-refractivity contribution < 1.29 is 33.7 Å². The molecule has 10 heteroatoms. The van der Waals surface area contributed by atoms with E-state index in [1.165, 1.54) is 0 Å². The third-order valence-electron chi connectivity index (χ3n) is 10.1. The highest BCUT2D eigenvalue weighted by Crippen LogP contribution is 2.59. The summed E-state index contributed by atoms with van der Waals surface area (Å²) >= 11 is 0. The maximum Gasteiger partial charge on any atom is 0.253 e. The van der Waals surface area contributed by atoms with Crippen LogP contribution in [0.2, 0.25) is 0 Å². The average Bonchev–Trinajstić information content (AvgIpc) is 3.37. The van der Waals surface area contributed by atoms with Gasteiger partial charge in [-0.2, -0.15) is 0 Å². The molecule has 1 spiro atoms. The Morgan fingerprint density at radius 1 is 0.851 bits per heavy atom. The monoisotopic (exact) mass is 643 g/mol. The SMILES string of the molecule is CCOc1ccc(N2CC=C[C@@]3(CC)O[C@]45C=CCN(c6ccc(OC)cc6)C(=O)C4N([C@@H](CO)CC(C)C)C(=O)[C@@H]5[C@H]3C2=O)cc1. The molecule has 0 bridgehead atoms. The molecule has 2 aromatic rings. The lowest BCUT2D eigenvalue weighted by Crippen LogP contribution is -2.59. The van der Waals surface area contributed by atoms with Crippen LogP contribution in [0.5, 0.6) is 11.5 Å². The van der Waals surface area contributed by atoms with Crippen molar-refractivity contribution in [1.82, 2.24) is 4.90 Å². The van der Waals surface area contributed by atoms with Crippen LogP contribution >= 0.6 is 0 Å². The molecule has 2 fully saturated rings. The number of fused-ring (bicyclic) bond motifs is 2. The molecule has 4 heterocycles. The summed E-state index contributed by atoms with van der Waals surface area (Å²) in [5, 5.41) is 10.7. The van der Waals surface area contributed by atoms with Gasteiger partial charge >= 0.3 is 0 Å². The fourth-order valence-electron chi connectivity index (χ4n) is 8.03. The Labute approximate surface area is 276 Å². The van der Waals surface area contributed by atoms with E-state index in [1.54, 1.807) is 33.9 Å². The standard InChI is InChI=1S/C37H45N3O7/c1-6-36-18-8-20-38(25-12-16-29(17-13-25)46-7-2)33(42)30(36)31-34(43)40(27(23-41)22-24(3)4)32-35(44)39(21-9-19-37(31,32)47-36)26-10-14-28(45-5)15-11-26/h8-19,24,27,30-32,41H,6-7,20-23H2,1-5H3/t27-,30+,31+,32?,36-,37+/m1/s1. The lowest BCUT2D eigenvalue weighted by molar-refractivity contribution is -0.149. The summed E-state index contributed by atoms with van der Waals surface area (Å²) in [5.74, 6) is -1.29. The molecule has 250 valence electrons. The van der Waals surface area contributed by atoms with Crippen LogP contribution in [0.25, 0.3) is 0 Å². The molecule has 2 saturated heterocycles. The Bertz CT molecular complexity index is 1550. The largest absolute Gasteiger partial charge is 0.497 e. The zero-order valence-electron chi connectivity index (χ0n) is 27.8. The summed E-state index contributed by atoms with van der Waals surface area (Å²) in [5.41, 5.74) is -1.22. The molecule has 10 nitrogen and oxygen atoms in total. The molecule has 2 aromatic carbocycles. The number of ether oxygens (including phenoxy) is 3. The number of carbonyl (C=O) groups excluding carboxylic acids is 3. The molecule has 0 aliphatic carbocycles. The van der Waals surface area contributed by atoms with E-state index in [-0.39, 0.29) is 36.8 Å². The van der Waals surface area contributed by atoms with Crippen molar-refractivity contribution in [3.05, 3.63) is 72.8 Å². The third-order valence-corrected chi connectivity index (χ3v) is 10.1. The second-order valence-corrected chi connectivity index (χ2v) is 13.2. The van der Waals surface area contributed by atoms with Crippen molar-refractivity contribution in [3.63, 3.8) is 0 Å². The highest BCUT2D eigenvalue weighted by molar-refractivity contribution is 6.07. The molecule has 3 amide bonds. The van der Waals surface area contributed by atoms with Crippen LogP contribution in [0.1, 0.15) is 40.5 Å². The zero-order valence-corrected chi connectivity index (χ0v) is 27.8. The van der Waals surface area contributed by atoms with Crippen LogP contribution in [0.15, 0.2) is 72.8 Å². The topological polar surface area (TPSA) is 109 Å². The van der Waals surface area contributed by atoms with E-state index >= 15 is 0 Å². The number of amides is 3. The van der Waals surface area contributed by atoms with Crippen molar-refractivity contribution in [2.75, 3.05) is 43.2 Å². The summed E-state index contributed by atoms with van der Waals surface area (Å²) in [6.45, 7) is 8.67. The molecular weight excluding hydrogens is 598 g/mol. The number of aliphatic hydroxyl groups is 1. The summed E-state index contributed by atoms with van der Waals surface area (Å²) < 4.78 is 18.1. The van der Waals surface area contributed by atoms with Gasteiger partial charge in [0, 0.05) is 24.5 Å². The summed E-state index contributed by atoms with van der Waals surface area (Å²) in [6.07, 6.45) is 8.47. The Kier molecular flexibility index (Phi) is 8.93. The van der Waals surface area contributed by atoms with Gasteiger partial charge in [-0.15, -0.1) is 0 Å².